The van der Waals surface area contributed by atoms with E-state index in [-0.39, 0.29) is 11.5 Å². The number of hydrogen-bond acceptors (Lipinski definition) is 6. The van der Waals surface area contributed by atoms with Crippen molar-refractivity contribution >= 4 is 11.7 Å². The molecule has 2 fully saturated rings. The van der Waals surface area contributed by atoms with Crippen LogP contribution >= 0.6 is 0 Å². The Labute approximate surface area is 140 Å². The van der Waals surface area contributed by atoms with E-state index in [1.807, 2.05) is 4.90 Å². The number of hydrogen-bond donors (Lipinski definition) is 0. The van der Waals surface area contributed by atoms with E-state index in [0.29, 0.717) is 25.3 Å². The Hall–Kier alpha value is -2.41. The highest BCUT2D eigenvalue weighted by molar-refractivity contribution is 5.93. The first-order chi connectivity index (χ1) is 11.8. The molecule has 2 aliphatic rings. The molecule has 0 aliphatic carbocycles. The largest absolute Gasteiger partial charge is 0.472 e. The second-order valence-electron chi connectivity index (χ2n) is 6.36. The zero-order valence-electron chi connectivity index (χ0n) is 13.4. The van der Waals surface area contributed by atoms with Crippen molar-refractivity contribution in [3.05, 3.63) is 42.7 Å². The van der Waals surface area contributed by atoms with Crippen molar-refractivity contribution in [2.45, 2.75) is 18.4 Å². The topological polar surface area (TPSA) is 71.7 Å². The molecule has 7 nitrogen and oxygen atoms in total. The molecule has 0 unspecified atom stereocenters. The minimum Gasteiger partial charge on any atom is -0.472 e. The van der Waals surface area contributed by atoms with E-state index >= 15 is 0 Å². The van der Waals surface area contributed by atoms with Crippen LogP contribution < -0.4 is 4.90 Å². The van der Waals surface area contributed by atoms with Crippen LogP contribution in [0.15, 0.2) is 41.6 Å². The lowest BCUT2D eigenvalue weighted by molar-refractivity contribution is -0.105. The first-order valence-electron chi connectivity index (χ1n) is 8.22. The second-order valence-corrected chi connectivity index (χ2v) is 6.36. The highest BCUT2D eigenvalue weighted by Gasteiger charge is 2.42. The molecule has 126 valence electrons. The molecule has 2 saturated heterocycles. The smallest absolute Gasteiger partial charge is 0.257 e. The molecule has 2 aliphatic heterocycles. The number of piperidine rings is 1. The Bertz CT molecular complexity index is 687. The second kappa shape index (κ2) is 6.24. The van der Waals surface area contributed by atoms with Gasteiger partial charge >= 0.3 is 0 Å². The van der Waals surface area contributed by atoms with Crippen molar-refractivity contribution in [1.29, 1.82) is 0 Å². The lowest BCUT2D eigenvalue weighted by Crippen LogP contribution is -2.61. The molecular formula is C17H20N4O3. The van der Waals surface area contributed by atoms with Crippen LogP contribution in [0.4, 0.5) is 5.82 Å². The summed E-state index contributed by atoms with van der Waals surface area (Å²) in [6.07, 6.45) is 10.1. The Balaban J connectivity index is 1.50. The zero-order chi connectivity index (χ0) is 16.4. The Kier molecular flexibility index (Phi) is 3.93. The summed E-state index contributed by atoms with van der Waals surface area (Å²) in [6.45, 7) is 3.41. The molecule has 0 aromatic carbocycles. The Morgan fingerprint density at radius 1 is 1.25 bits per heavy atom. The lowest BCUT2D eigenvalue weighted by atomic mass is 9.90. The summed E-state index contributed by atoms with van der Waals surface area (Å²) in [6, 6.07) is 1.71. The summed E-state index contributed by atoms with van der Waals surface area (Å²) < 4.78 is 11.2. The molecule has 1 amide bonds. The predicted molar refractivity (Wildman–Crippen MR) is 86.8 cm³/mol. The molecule has 0 saturated carbocycles. The van der Waals surface area contributed by atoms with E-state index in [4.69, 9.17) is 9.15 Å². The van der Waals surface area contributed by atoms with Crippen LogP contribution in [0.25, 0.3) is 0 Å². The van der Waals surface area contributed by atoms with Gasteiger partial charge in [-0.2, -0.15) is 0 Å². The van der Waals surface area contributed by atoms with Gasteiger partial charge in [0.05, 0.1) is 37.7 Å². The predicted octanol–water partition coefficient (Wildman–Crippen LogP) is 1.58. The fourth-order valence-corrected chi connectivity index (χ4v) is 3.58. The number of anilines is 1. The molecule has 1 atom stereocenters. The van der Waals surface area contributed by atoms with Gasteiger partial charge in [0, 0.05) is 25.5 Å². The molecular weight excluding hydrogens is 308 g/mol. The van der Waals surface area contributed by atoms with Crippen molar-refractivity contribution in [2.24, 2.45) is 0 Å². The first kappa shape index (κ1) is 15.1. The van der Waals surface area contributed by atoms with Crippen molar-refractivity contribution in [3.8, 4) is 0 Å². The van der Waals surface area contributed by atoms with E-state index in [1.165, 1.54) is 12.5 Å². The van der Waals surface area contributed by atoms with Crippen molar-refractivity contribution in [2.75, 3.05) is 37.7 Å². The standard InChI is InChI=1S/C17H20N4O3/c22-16(14-2-8-23-11-14)21-7-9-24-17(13-21)3-1-6-20(12-17)15-10-18-4-5-19-15/h2,4-5,8,10-11H,1,3,6-7,9,12-13H2/t17-/m0/s1. The minimum absolute atomic E-state index is 0.00283. The number of aromatic nitrogens is 2. The number of furan rings is 1. The van der Waals surface area contributed by atoms with Crippen LogP contribution in [-0.4, -0.2) is 59.2 Å². The van der Waals surface area contributed by atoms with Crippen LogP contribution in [-0.2, 0) is 4.74 Å². The first-order valence-corrected chi connectivity index (χ1v) is 8.22. The van der Waals surface area contributed by atoms with E-state index in [0.717, 1.165) is 31.7 Å². The van der Waals surface area contributed by atoms with Crippen LogP contribution in [0.3, 0.4) is 0 Å². The number of amides is 1. The van der Waals surface area contributed by atoms with Crippen LogP contribution in [0.2, 0.25) is 0 Å². The SMILES string of the molecule is O=C(c1ccoc1)N1CCO[C@]2(CCCN(c3cnccn3)C2)C1. The number of carbonyl (C=O) groups excluding carboxylic acids is 1. The summed E-state index contributed by atoms with van der Waals surface area (Å²) in [4.78, 5) is 25.2. The summed E-state index contributed by atoms with van der Waals surface area (Å²) in [5.74, 6) is 0.863. The zero-order valence-corrected chi connectivity index (χ0v) is 13.4. The molecule has 4 heterocycles. The minimum atomic E-state index is -0.340. The van der Waals surface area contributed by atoms with E-state index in [9.17, 15) is 4.79 Å². The molecule has 0 bridgehead atoms. The number of nitrogens with zero attached hydrogens (tertiary/aromatic N) is 4. The quantitative estimate of drug-likeness (QED) is 0.833. The summed E-state index contributed by atoms with van der Waals surface area (Å²) in [7, 11) is 0. The van der Waals surface area contributed by atoms with Gasteiger partial charge in [-0.25, -0.2) is 4.98 Å². The van der Waals surface area contributed by atoms with Gasteiger partial charge in [0.25, 0.3) is 5.91 Å². The van der Waals surface area contributed by atoms with Crippen LogP contribution in [0.1, 0.15) is 23.2 Å². The van der Waals surface area contributed by atoms with Crippen LogP contribution in [0.5, 0.6) is 0 Å². The Morgan fingerprint density at radius 2 is 2.21 bits per heavy atom. The van der Waals surface area contributed by atoms with Gasteiger partial charge in [-0.15, -0.1) is 0 Å². The highest BCUT2D eigenvalue weighted by atomic mass is 16.5. The molecule has 0 N–H and O–H groups in total. The maximum atomic E-state index is 12.6. The third-order valence-electron chi connectivity index (χ3n) is 4.72. The summed E-state index contributed by atoms with van der Waals surface area (Å²) in [5, 5.41) is 0. The van der Waals surface area contributed by atoms with E-state index in [2.05, 4.69) is 14.9 Å². The summed E-state index contributed by atoms with van der Waals surface area (Å²) >= 11 is 0. The third kappa shape index (κ3) is 2.87. The van der Waals surface area contributed by atoms with Crippen molar-refractivity contribution in [1.82, 2.24) is 14.9 Å². The Morgan fingerprint density at radius 3 is 3.00 bits per heavy atom. The van der Waals surface area contributed by atoms with Gasteiger partial charge in [-0.05, 0) is 18.9 Å². The molecule has 4 rings (SSSR count). The average molecular weight is 328 g/mol. The molecule has 2 aromatic heterocycles. The van der Waals surface area contributed by atoms with Gasteiger partial charge in [0.1, 0.15) is 17.7 Å². The molecule has 24 heavy (non-hydrogen) atoms. The van der Waals surface area contributed by atoms with Gasteiger partial charge in [0.15, 0.2) is 0 Å². The summed E-state index contributed by atoms with van der Waals surface area (Å²) in [5.41, 5.74) is 0.251. The maximum Gasteiger partial charge on any atom is 0.257 e. The normalized spacial score (nSPS) is 24.3. The monoisotopic (exact) mass is 328 g/mol. The van der Waals surface area contributed by atoms with Gasteiger partial charge in [0.2, 0.25) is 0 Å². The van der Waals surface area contributed by atoms with Gasteiger partial charge < -0.3 is 19.0 Å². The highest BCUT2D eigenvalue weighted by Crippen LogP contribution is 2.31. The molecule has 2 aromatic rings. The fourth-order valence-electron chi connectivity index (χ4n) is 3.58. The fraction of sp³-hybridized carbons (Fsp3) is 0.471. The number of rotatable bonds is 2. The molecule has 7 heteroatoms. The van der Waals surface area contributed by atoms with Crippen LogP contribution in [0, 0.1) is 0 Å². The van der Waals surface area contributed by atoms with E-state index in [1.54, 1.807) is 24.7 Å². The maximum absolute atomic E-state index is 12.6. The lowest BCUT2D eigenvalue weighted by Gasteiger charge is -2.48. The van der Waals surface area contributed by atoms with Crippen molar-refractivity contribution < 1.29 is 13.9 Å². The van der Waals surface area contributed by atoms with Crippen molar-refractivity contribution in [3.63, 3.8) is 0 Å². The van der Waals surface area contributed by atoms with Gasteiger partial charge in [-0.3, -0.25) is 9.78 Å². The molecule has 1 spiro atoms. The number of carbonyl (C=O) groups is 1. The third-order valence-corrected chi connectivity index (χ3v) is 4.72. The average Bonchev–Trinajstić information content (AvgIpc) is 3.17. The number of ether oxygens (including phenoxy) is 1. The molecule has 0 radical (unpaired) electrons. The van der Waals surface area contributed by atoms with E-state index < -0.39 is 0 Å². The number of morpholine rings is 1. The van der Waals surface area contributed by atoms with Gasteiger partial charge in [-0.1, -0.05) is 0 Å².